The summed E-state index contributed by atoms with van der Waals surface area (Å²) in [5, 5.41) is 8.64. The van der Waals surface area contributed by atoms with Crippen molar-refractivity contribution in [3.63, 3.8) is 0 Å². The van der Waals surface area contributed by atoms with Crippen LogP contribution in [0.2, 0.25) is 0 Å². The number of aryl methyl sites for hydroxylation is 1. The van der Waals surface area contributed by atoms with Gasteiger partial charge in [0.25, 0.3) is 0 Å². The minimum Gasteiger partial charge on any atom is -0.459 e. The summed E-state index contributed by atoms with van der Waals surface area (Å²) in [5.41, 5.74) is 9.10. The molecule has 0 saturated heterocycles. The van der Waals surface area contributed by atoms with E-state index in [2.05, 4.69) is 23.2 Å². The summed E-state index contributed by atoms with van der Waals surface area (Å²) < 4.78 is 5.77. The van der Waals surface area contributed by atoms with Gasteiger partial charge in [-0.05, 0) is 36.8 Å². The summed E-state index contributed by atoms with van der Waals surface area (Å²) in [4.78, 5) is 0. The van der Waals surface area contributed by atoms with E-state index in [4.69, 9.17) is 10.2 Å². The molecule has 4 nitrogen and oxygen atoms in total. The van der Waals surface area contributed by atoms with Gasteiger partial charge in [0.2, 0.25) is 0 Å². The molecule has 0 fully saturated rings. The third kappa shape index (κ3) is 1.87. The van der Waals surface area contributed by atoms with Crippen LogP contribution in [0.4, 0.5) is 0 Å². The molecule has 1 atom stereocenters. The van der Waals surface area contributed by atoms with Crippen molar-refractivity contribution in [1.82, 2.24) is 10.2 Å². The first-order chi connectivity index (χ1) is 8.74. The number of furan rings is 1. The molecule has 0 spiro atoms. The van der Waals surface area contributed by atoms with Crippen LogP contribution < -0.4 is 5.73 Å². The highest BCUT2D eigenvalue weighted by Gasteiger charge is 2.14. The van der Waals surface area contributed by atoms with Gasteiger partial charge in [0.1, 0.15) is 11.3 Å². The van der Waals surface area contributed by atoms with E-state index in [0.717, 1.165) is 22.3 Å². The summed E-state index contributed by atoms with van der Waals surface area (Å²) in [5.74, 6) is 0.739. The molecular weight excluding hydrogens is 226 g/mol. The van der Waals surface area contributed by atoms with Crippen LogP contribution in [0.15, 0.2) is 47.1 Å². The molecule has 0 amide bonds. The van der Waals surface area contributed by atoms with Crippen LogP contribution in [0.5, 0.6) is 0 Å². The predicted octanol–water partition coefficient (Wildman–Crippen LogP) is 2.58. The molecular formula is C14H13N3O. The van der Waals surface area contributed by atoms with Gasteiger partial charge in [-0.2, -0.15) is 10.2 Å². The molecule has 4 heteroatoms. The number of nitrogens with two attached hydrogens (primary N) is 1. The minimum atomic E-state index is -0.312. The second kappa shape index (κ2) is 4.23. The molecule has 2 heterocycles. The Labute approximate surface area is 104 Å². The molecule has 0 radical (unpaired) electrons. The maximum atomic E-state index is 6.16. The third-order valence-electron chi connectivity index (χ3n) is 2.96. The maximum Gasteiger partial charge on any atom is 0.134 e. The van der Waals surface area contributed by atoms with Gasteiger partial charge in [-0.3, -0.25) is 0 Å². The zero-order valence-electron chi connectivity index (χ0n) is 10.00. The topological polar surface area (TPSA) is 64.9 Å². The van der Waals surface area contributed by atoms with Crippen LogP contribution in [0.25, 0.3) is 11.0 Å². The van der Waals surface area contributed by atoms with Gasteiger partial charge < -0.3 is 10.2 Å². The molecule has 0 saturated carbocycles. The molecule has 1 unspecified atom stereocenters. The second-order valence-electron chi connectivity index (χ2n) is 4.34. The number of nitrogens with zero attached hydrogens (tertiary/aromatic N) is 2. The van der Waals surface area contributed by atoms with Gasteiger partial charge in [0.05, 0.1) is 12.2 Å². The zero-order valence-corrected chi connectivity index (χ0v) is 10.00. The Morgan fingerprint density at radius 2 is 2.06 bits per heavy atom. The molecule has 0 aliphatic heterocycles. The number of hydrogen-bond donors (Lipinski definition) is 1. The van der Waals surface area contributed by atoms with Crippen molar-refractivity contribution >= 4 is 11.0 Å². The molecule has 1 aromatic carbocycles. The van der Waals surface area contributed by atoms with Gasteiger partial charge in [-0.1, -0.05) is 11.6 Å². The second-order valence-corrected chi connectivity index (χ2v) is 4.34. The molecule has 0 bridgehead atoms. The van der Waals surface area contributed by atoms with Gasteiger partial charge in [0.15, 0.2) is 0 Å². The van der Waals surface area contributed by atoms with Crippen LogP contribution in [0.1, 0.15) is 22.9 Å². The number of fused-ring (bicyclic) bond motifs is 1. The molecule has 0 aliphatic rings. The lowest BCUT2D eigenvalue weighted by Gasteiger charge is -2.06. The summed E-state index contributed by atoms with van der Waals surface area (Å²) >= 11 is 0. The lowest BCUT2D eigenvalue weighted by molar-refractivity contribution is 0.524. The van der Waals surface area contributed by atoms with E-state index in [1.807, 2.05) is 24.3 Å². The Hall–Kier alpha value is -2.20. The van der Waals surface area contributed by atoms with Crippen molar-refractivity contribution in [3.8, 4) is 0 Å². The fraction of sp³-hybridized carbons (Fsp3) is 0.143. The van der Waals surface area contributed by atoms with Gasteiger partial charge in [-0.25, -0.2) is 0 Å². The molecule has 0 aliphatic carbocycles. The quantitative estimate of drug-likeness (QED) is 0.746. The smallest absolute Gasteiger partial charge is 0.134 e. The summed E-state index contributed by atoms with van der Waals surface area (Å²) in [6.07, 6.45) is 3.28. The first-order valence-corrected chi connectivity index (χ1v) is 5.76. The Bertz CT molecular complexity index is 676. The average molecular weight is 239 g/mol. The first kappa shape index (κ1) is 10.9. The minimum absolute atomic E-state index is 0.312. The Morgan fingerprint density at radius 1 is 1.17 bits per heavy atom. The normalized spacial score (nSPS) is 12.8. The van der Waals surface area contributed by atoms with E-state index in [1.54, 1.807) is 12.4 Å². The summed E-state index contributed by atoms with van der Waals surface area (Å²) in [7, 11) is 0. The molecule has 2 N–H and O–H groups in total. The van der Waals surface area contributed by atoms with Crippen LogP contribution in [-0.4, -0.2) is 10.2 Å². The zero-order chi connectivity index (χ0) is 12.5. The van der Waals surface area contributed by atoms with Crippen molar-refractivity contribution in [1.29, 1.82) is 0 Å². The van der Waals surface area contributed by atoms with E-state index in [1.165, 1.54) is 5.56 Å². The highest BCUT2D eigenvalue weighted by molar-refractivity contribution is 5.78. The van der Waals surface area contributed by atoms with E-state index in [-0.39, 0.29) is 6.04 Å². The highest BCUT2D eigenvalue weighted by Crippen LogP contribution is 2.26. The summed E-state index contributed by atoms with van der Waals surface area (Å²) in [6.45, 7) is 2.05. The fourth-order valence-electron chi connectivity index (χ4n) is 1.99. The largest absolute Gasteiger partial charge is 0.459 e. The number of aromatic nitrogens is 2. The van der Waals surface area contributed by atoms with E-state index in [9.17, 15) is 0 Å². The Kier molecular flexibility index (Phi) is 2.57. The van der Waals surface area contributed by atoms with Crippen LogP contribution in [0.3, 0.4) is 0 Å². The molecule has 3 aromatic rings. The van der Waals surface area contributed by atoms with Crippen molar-refractivity contribution in [3.05, 3.63) is 59.6 Å². The molecule has 3 rings (SSSR count). The molecule has 2 aromatic heterocycles. The van der Waals surface area contributed by atoms with Crippen LogP contribution >= 0.6 is 0 Å². The Morgan fingerprint density at radius 3 is 2.83 bits per heavy atom. The van der Waals surface area contributed by atoms with E-state index in [0.29, 0.717) is 0 Å². The van der Waals surface area contributed by atoms with Gasteiger partial charge in [0, 0.05) is 11.6 Å². The predicted molar refractivity (Wildman–Crippen MR) is 69.0 cm³/mol. The number of benzene rings is 1. The van der Waals surface area contributed by atoms with Crippen molar-refractivity contribution in [2.45, 2.75) is 13.0 Å². The van der Waals surface area contributed by atoms with Crippen molar-refractivity contribution < 1.29 is 4.42 Å². The maximum absolute atomic E-state index is 6.16. The van der Waals surface area contributed by atoms with E-state index >= 15 is 0 Å². The Balaban J connectivity index is 2.04. The van der Waals surface area contributed by atoms with Crippen LogP contribution in [-0.2, 0) is 0 Å². The van der Waals surface area contributed by atoms with Gasteiger partial charge in [-0.15, -0.1) is 0 Å². The average Bonchev–Trinajstić information content (AvgIpc) is 2.81. The van der Waals surface area contributed by atoms with E-state index < -0.39 is 0 Å². The fourth-order valence-corrected chi connectivity index (χ4v) is 1.99. The third-order valence-corrected chi connectivity index (χ3v) is 2.96. The molecule has 18 heavy (non-hydrogen) atoms. The lowest BCUT2D eigenvalue weighted by Crippen LogP contribution is -2.11. The highest BCUT2D eigenvalue weighted by atomic mass is 16.3. The van der Waals surface area contributed by atoms with Crippen molar-refractivity contribution in [2.75, 3.05) is 0 Å². The summed E-state index contributed by atoms with van der Waals surface area (Å²) in [6, 6.07) is 9.58. The van der Waals surface area contributed by atoms with Gasteiger partial charge >= 0.3 is 0 Å². The SMILES string of the molecule is Cc1ccc2oc(C(N)c3ccnnc3)cc2c1. The monoisotopic (exact) mass is 239 g/mol. The first-order valence-electron chi connectivity index (χ1n) is 5.76. The molecule has 90 valence electrons. The van der Waals surface area contributed by atoms with Crippen molar-refractivity contribution in [2.24, 2.45) is 5.73 Å². The van der Waals surface area contributed by atoms with Crippen LogP contribution in [0, 0.1) is 6.92 Å². The number of rotatable bonds is 2. The number of hydrogen-bond acceptors (Lipinski definition) is 4. The standard InChI is InChI=1S/C14H13N3O/c1-9-2-3-12-11(6-9)7-13(18-12)14(15)10-4-5-16-17-8-10/h2-8,14H,15H2,1H3. The lowest BCUT2D eigenvalue weighted by atomic mass is 10.1.